The van der Waals surface area contributed by atoms with Gasteiger partial charge in [-0.15, -0.1) is 0 Å². The first-order valence-corrected chi connectivity index (χ1v) is 8.57. The third-order valence-electron chi connectivity index (χ3n) is 2.68. The zero-order chi connectivity index (χ0) is 13.8. The van der Waals surface area contributed by atoms with Gasteiger partial charge in [-0.2, -0.15) is 0 Å². The van der Waals surface area contributed by atoms with Crippen molar-refractivity contribution in [3.8, 4) is 0 Å². The average Bonchev–Trinajstić information content (AvgIpc) is 2.29. The monoisotopic (exact) mass is 333 g/mol. The molecule has 1 N–H and O–H groups in total. The molecule has 0 amide bonds. The van der Waals surface area contributed by atoms with E-state index in [9.17, 15) is 8.42 Å². The molecule has 1 aromatic rings. The third kappa shape index (κ3) is 4.98. The van der Waals surface area contributed by atoms with Crippen LogP contribution >= 0.6 is 15.9 Å². The summed E-state index contributed by atoms with van der Waals surface area (Å²) < 4.78 is 27.5. The first kappa shape index (κ1) is 15.5. The van der Waals surface area contributed by atoms with Gasteiger partial charge in [-0.3, -0.25) is 4.72 Å². The Morgan fingerprint density at radius 2 is 2.00 bits per heavy atom. The van der Waals surface area contributed by atoms with Crippen LogP contribution in [0.15, 0.2) is 22.7 Å². The van der Waals surface area contributed by atoms with Crippen molar-refractivity contribution in [2.75, 3.05) is 10.5 Å². The molecule has 5 heteroatoms. The summed E-state index contributed by atoms with van der Waals surface area (Å²) in [4.78, 5) is 0. The van der Waals surface area contributed by atoms with Crippen LogP contribution < -0.4 is 4.72 Å². The molecule has 0 aliphatic heterocycles. The molecular weight excluding hydrogens is 314 g/mol. The van der Waals surface area contributed by atoms with Crippen LogP contribution in [-0.2, 0) is 16.4 Å². The van der Waals surface area contributed by atoms with Crippen molar-refractivity contribution in [1.29, 1.82) is 0 Å². The van der Waals surface area contributed by atoms with Crippen molar-refractivity contribution in [2.45, 2.75) is 33.6 Å². The first-order chi connectivity index (χ1) is 8.34. The van der Waals surface area contributed by atoms with Crippen molar-refractivity contribution in [1.82, 2.24) is 0 Å². The molecule has 0 aliphatic carbocycles. The lowest BCUT2D eigenvalue weighted by molar-refractivity contribution is 0.578. The molecule has 0 atom stereocenters. The molecular formula is C13H20BrNO2S. The maximum Gasteiger partial charge on any atom is 0.232 e. The van der Waals surface area contributed by atoms with E-state index < -0.39 is 10.0 Å². The number of rotatable bonds is 6. The van der Waals surface area contributed by atoms with Crippen LogP contribution in [0.4, 0.5) is 5.69 Å². The van der Waals surface area contributed by atoms with Gasteiger partial charge in [-0.1, -0.05) is 36.7 Å². The molecule has 18 heavy (non-hydrogen) atoms. The number of aryl methyl sites for hydroxylation is 1. The summed E-state index contributed by atoms with van der Waals surface area (Å²) in [6.07, 6.45) is 1.47. The minimum absolute atomic E-state index is 0.171. The van der Waals surface area contributed by atoms with Crippen molar-refractivity contribution >= 4 is 31.6 Å². The lowest BCUT2D eigenvalue weighted by atomic mass is 10.1. The fourth-order valence-corrected chi connectivity index (χ4v) is 3.39. The summed E-state index contributed by atoms with van der Waals surface area (Å²) >= 11 is 3.39. The number of hydrogen-bond acceptors (Lipinski definition) is 2. The van der Waals surface area contributed by atoms with Gasteiger partial charge in [0.25, 0.3) is 0 Å². The molecule has 0 fully saturated rings. The Morgan fingerprint density at radius 1 is 1.33 bits per heavy atom. The van der Waals surface area contributed by atoms with Crippen molar-refractivity contribution in [2.24, 2.45) is 5.92 Å². The van der Waals surface area contributed by atoms with E-state index >= 15 is 0 Å². The van der Waals surface area contributed by atoms with E-state index in [-0.39, 0.29) is 5.75 Å². The molecule has 3 nitrogen and oxygen atoms in total. The highest BCUT2D eigenvalue weighted by Crippen LogP contribution is 2.22. The number of halogens is 1. The second kappa shape index (κ2) is 6.57. The molecule has 102 valence electrons. The van der Waals surface area contributed by atoms with Gasteiger partial charge in [0, 0.05) is 4.47 Å². The summed E-state index contributed by atoms with van der Waals surface area (Å²) in [6, 6.07) is 5.59. The zero-order valence-corrected chi connectivity index (χ0v) is 13.4. The Bertz CT molecular complexity index is 498. The van der Waals surface area contributed by atoms with Gasteiger partial charge in [0.15, 0.2) is 0 Å². The van der Waals surface area contributed by atoms with Crippen molar-refractivity contribution in [3.05, 3.63) is 28.2 Å². The molecule has 0 saturated carbocycles. The first-order valence-electron chi connectivity index (χ1n) is 6.13. The Kier molecular flexibility index (Phi) is 5.66. The molecule has 0 saturated heterocycles. The average molecular weight is 334 g/mol. The SMILES string of the molecule is CCc1cc(Br)ccc1NS(=O)(=O)CCC(C)C. The summed E-state index contributed by atoms with van der Waals surface area (Å²) in [7, 11) is -3.24. The van der Waals surface area contributed by atoms with Crippen LogP contribution in [-0.4, -0.2) is 14.2 Å². The van der Waals surface area contributed by atoms with E-state index in [0.29, 0.717) is 18.0 Å². The standard InChI is InChI=1S/C13H20BrNO2S/c1-4-11-9-12(14)5-6-13(11)15-18(16,17)8-7-10(2)3/h5-6,9-10,15H,4,7-8H2,1-3H3. The quantitative estimate of drug-likeness (QED) is 0.860. The normalized spacial score (nSPS) is 11.8. The molecule has 0 aliphatic rings. The van der Waals surface area contributed by atoms with E-state index in [0.717, 1.165) is 16.5 Å². The smallest absolute Gasteiger partial charge is 0.232 e. The fourth-order valence-electron chi connectivity index (χ4n) is 1.56. The molecule has 0 heterocycles. The number of nitrogens with one attached hydrogen (secondary N) is 1. The van der Waals surface area contributed by atoms with Gasteiger partial charge >= 0.3 is 0 Å². The molecule has 1 aromatic carbocycles. The topological polar surface area (TPSA) is 46.2 Å². The maximum atomic E-state index is 11.9. The Hall–Kier alpha value is -0.550. The third-order valence-corrected chi connectivity index (χ3v) is 4.47. The van der Waals surface area contributed by atoms with Gasteiger partial charge in [0.05, 0.1) is 11.4 Å². The van der Waals surface area contributed by atoms with E-state index in [2.05, 4.69) is 20.7 Å². The number of benzene rings is 1. The zero-order valence-electron chi connectivity index (χ0n) is 11.0. The number of sulfonamides is 1. The second-order valence-corrected chi connectivity index (χ2v) is 7.52. The number of hydrogen-bond donors (Lipinski definition) is 1. The van der Waals surface area contributed by atoms with Crippen LogP contribution in [0, 0.1) is 5.92 Å². The summed E-state index contributed by atoms with van der Waals surface area (Å²) in [5, 5.41) is 0. The molecule has 0 unspecified atom stereocenters. The molecule has 0 aromatic heterocycles. The molecule has 0 radical (unpaired) electrons. The maximum absolute atomic E-state index is 11.9. The molecule has 1 rings (SSSR count). The minimum Gasteiger partial charge on any atom is -0.283 e. The van der Waals surface area contributed by atoms with Crippen molar-refractivity contribution in [3.63, 3.8) is 0 Å². The van der Waals surface area contributed by atoms with Gasteiger partial charge < -0.3 is 0 Å². The predicted octanol–water partition coefficient (Wildman–Crippen LogP) is 3.80. The largest absolute Gasteiger partial charge is 0.283 e. The van der Waals surface area contributed by atoms with Crippen LogP contribution in [0.25, 0.3) is 0 Å². The van der Waals surface area contributed by atoms with Crippen LogP contribution in [0.5, 0.6) is 0 Å². The highest BCUT2D eigenvalue weighted by Gasteiger charge is 2.13. The van der Waals surface area contributed by atoms with Gasteiger partial charge in [-0.25, -0.2) is 8.42 Å². The lowest BCUT2D eigenvalue weighted by Gasteiger charge is -2.13. The Morgan fingerprint density at radius 3 is 2.56 bits per heavy atom. The van der Waals surface area contributed by atoms with E-state index in [1.54, 1.807) is 6.07 Å². The highest BCUT2D eigenvalue weighted by molar-refractivity contribution is 9.10. The number of anilines is 1. The van der Waals surface area contributed by atoms with Gasteiger partial charge in [0.1, 0.15) is 0 Å². The van der Waals surface area contributed by atoms with Gasteiger partial charge in [-0.05, 0) is 42.5 Å². The van der Waals surface area contributed by atoms with E-state index in [4.69, 9.17) is 0 Å². The molecule has 0 bridgehead atoms. The summed E-state index contributed by atoms with van der Waals surface area (Å²) in [5.74, 6) is 0.557. The van der Waals surface area contributed by atoms with Crippen LogP contribution in [0.2, 0.25) is 0 Å². The van der Waals surface area contributed by atoms with Crippen LogP contribution in [0.3, 0.4) is 0 Å². The Balaban J connectivity index is 2.83. The highest BCUT2D eigenvalue weighted by atomic mass is 79.9. The molecule has 0 spiro atoms. The summed E-state index contributed by atoms with van der Waals surface area (Å²) in [5.41, 5.74) is 1.68. The Labute approximate surface area is 118 Å². The van der Waals surface area contributed by atoms with Crippen LogP contribution in [0.1, 0.15) is 32.8 Å². The summed E-state index contributed by atoms with van der Waals surface area (Å²) in [6.45, 7) is 6.05. The predicted molar refractivity (Wildman–Crippen MR) is 80.4 cm³/mol. The second-order valence-electron chi connectivity index (χ2n) is 4.76. The van der Waals surface area contributed by atoms with E-state index in [1.165, 1.54) is 0 Å². The fraction of sp³-hybridized carbons (Fsp3) is 0.538. The minimum atomic E-state index is -3.24. The van der Waals surface area contributed by atoms with Crippen molar-refractivity contribution < 1.29 is 8.42 Å². The van der Waals surface area contributed by atoms with E-state index in [1.807, 2.05) is 32.9 Å². The van der Waals surface area contributed by atoms with Gasteiger partial charge in [0.2, 0.25) is 10.0 Å². The lowest BCUT2D eigenvalue weighted by Crippen LogP contribution is -2.18.